The van der Waals surface area contributed by atoms with Crippen LogP contribution in [-0.4, -0.2) is 21.7 Å². The molecule has 0 aromatic carbocycles. The van der Waals surface area contributed by atoms with Gasteiger partial charge in [-0.05, 0) is 10.5 Å². The highest BCUT2D eigenvalue weighted by Crippen LogP contribution is 2.75. The third-order valence-corrected chi connectivity index (χ3v) is 9.22. The summed E-state index contributed by atoms with van der Waals surface area (Å²) in [6.45, 7) is 10.6. The highest BCUT2D eigenvalue weighted by Gasteiger charge is 2.45. The van der Waals surface area contributed by atoms with E-state index < -0.39 is 24.2 Å². The van der Waals surface area contributed by atoms with Gasteiger partial charge in [0.2, 0.25) is 8.45 Å². The Morgan fingerprint density at radius 3 is 2.56 bits per heavy atom. The fourth-order valence-corrected chi connectivity index (χ4v) is 8.31. The highest BCUT2D eigenvalue weighted by molar-refractivity contribution is 7.89. The van der Waals surface area contributed by atoms with Crippen molar-refractivity contribution in [3.05, 3.63) is 31.8 Å². The van der Waals surface area contributed by atoms with Gasteiger partial charge in [-0.3, -0.25) is 4.44 Å². The van der Waals surface area contributed by atoms with Crippen LogP contribution in [0.4, 0.5) is 8.68 Å². The molecule has 1 fully saturated rings. The highest BCUT2D eigenvalue weighted by atomic mass is 31.3. The molecule has 1 aliphatic heterocycles. The Balaban J connectivity index is 3.24. The molecule has 0 radical (unpaired) electrons. The van der Waals surface area contributed by atoms with Crippen molar-refractivity contribution in [3.63, 3.8) is 0 Å². The Kier molecular flexibility index (Phi) is 4.85. The lowest BCUT2D eigenvalue weighted by Crippen LogP contribution is -2.28. The van der Waals surface area contributed by atoms with E-state index in [0.29, 0.717) is 0 Å². The van der Waals surface area contributed by atoms with Crippen molar-refractivity contribution >= 4 is 29.6 Å². The average molecular weight is 285 g/mol. The van der Waals surface area contributed by atoms with E-state index in [9.17, 15) is 8.68 Å². The summed E-state index contributed by atoms with van der Waals surface area (Å²) in [5.74, 6) is 1.48. The zero-order chi connectivity index (χ0) is 12.3. The first kappa shape index (κ1) is 14.0. The quantitative estimate of drug-likeness (QED) is 0.629. The topological polar surface area (TPSA) is 27.7 Å². The van der Waals surface area contributed by atoms with Crippen molar-refractivity contribution in [2.45, 2.75) is 0 Å². The van der Waals surface area contributed by atoms with Gasteiger partial charge in [0, 0.05) is 13.3 Å². The van der Waals surface area contributed by atoms with Gasteiger partial charge < -0.3 is 4.52 Å². The molecule has 1 aliphatic rings. The lowest BCUT2D eigenvalue weighted by atomic mass is 11.1. The van der Waals surface area contributed by atoms with Gasteiger partial charge in [-0.1, -0.05) is 25.2 Å². The van der Waals surface area contributed by atoms with Crippen LogP contribution >= 0.6 is 24.2 Å². The zero-order valence-electron chi connectivity index (χ0n) is 8.68. The molecule has 0 spiro atoms. The second-order valence-corrected chi connectivity index (χ2v) is 9.01. The van der Waals surface area contributed by atoms with Gasteiger partial charge in [0.1, 0.15) is 7.19 Å². The molecule has 1 heterocycles. The molecule has 4 nitrogen and oxygen atoms in total. The van der Waals surface area contributed by atoms with Crippen molar-refractivity contribution in [3.8, 4) is 0 Å². The fourth-order valence-electron chi connectivity index (χ4n) is 1.07. The van der Waals surface area contributed by atoms with Gasteiger partial charge in [0.15, 0.2) is 0 Å². The van der Waals surface area contributed by atoms with Crippen LogP contribution in [0.5, 0.6) is 0 Å². The maximum Gasteiger partial charge on any atom is 0.305 e. The first-order valence-electron chi connectivity index (χ1n) is 4.09. The van der Waals surface area contributed by atoms with Gasteiger partial charge in [-0.15, -0.1) is 4.48 Å². The van der Waals surface area contributed by atoms with Crippen LogP contribution in [-0.2, 0) is 4.52 Å². The smallest absolute Gasteiger partial charge is 0.305 e. The molecule has 1 N–H and O–H groups in total. The summed E-state index contributed by atoms with van der Waals surface area (Å²) in [6, 6.07) is 0. The molecule has 9 heteroatoms. The molecular formula is C7H12F2N3OP3. The molecule has 0 amide bonds. The molecule has 0 saturated carbocycles. The number of nitrogens with zero attached hydrogens (tertiary/aromatic N) is 2. The lowest BCUT2D eigenvalue weighted by molar-refractivity contribution is 0.228. The summed E-state index contributed by atoms with van der Waals surface area (Å²) in [4.78, 5) is 2.84. The van der Waals surface area contributed by atoms with E-state index in [4.69, 9.17) is 4.52 Å². The lowest BCUT2D eigenvalue weighted by Gasteiger charge is -2.43. The van der Waals surface area contributed by atoms with Crippen LogP contribution in [0, 0.1) is 0 Å². The van der Waals surface area contributed by atoms with E-state index in [2.05, 4.69) is 30.0 Å². The van der Waals surface area contributed by atoms with Crippen molar-refractivity contribution in [1.82, 2.24) is 14.0 Å². The third kappa shape index (κ3) is 2.16. The van der Waals surface area contributed by atoms with Crippen LogP contribution in [0.1, 0.15) is 0 Å². The van der Waals surface area contributed by atoms with Gasteiger partial charge in [-0.2, -0.15) is 4.20 Å². The number of rotatable bonds is 3. The van der Waals surface area contributed by atoms with Gasteiger partial charge in [0.05, 0.1) is 0 Å². The Morgan fingerprint density at radius 2 is 2.19 bits per heavy atom. The predicted octanol–water partition coefficient (Wildman–Crippen LogP) is 3.87. The van der Waals surface area contributed by atoms with Crippen molar-refractivity contribution < 1.29 is 13.2 Å². The van der Waals surface area contributed by atoms with Crippen LogP contribution in [0.2, 0.25) is 0 Å². The number of nitrogens with one attached hydrogen (secondary N) is 1. The Bertz CT molecular complexity index is 374. The SMILES string of the molecule is C=C=P1(C=C)NP(OC)N(F)P(F)N1C=C. The summed E-state index contributed by atoms with van der Waals surface area (Å²) in [7, 11) is -5.69. The minimum absolute atomic E-state index is 0.0332. The molecule has 1 saturated heterocycles. The van der Waals surface area contributed by atoms with E-state index in [1.807, 2.05) is 0 Å². The molecular weight excluding hydrogens is 273 g/mol. The van der Waals surface area contributed by atoms with Gasteiger partial charge >= 0.3 is 8.53 Å². The first-order chi connectivity index (χ1) is 7.56. The monoisotopic (exact) mass is 285 g/mol. The van der Waals surface area contributed by atoms with Crippen molar-refractivity contribution in [2.24, 2.45) is 0 Å². The van der Waals surface area contributed by atoms with Gasteiger partial charge in [0.25, 0.3) is 0 Å². The molecule has 3 unspecified atom stereocenters. The van der Waals surface area contributed by atoms with E-state index in [-0.39, 0.29) is 4.66 Å². The van der Waals surface area contributed by atoms with E-state index in [0.717, 1.165) is 4.44 Å². The van der Waals surface area contributed by atoms with Gasteiger partial charge in [-0.25, -0.2) is 4.86 Å². The molecule has 0 aromatic rings. The van der Waals surface area contributed by atoms with Crippen molar-refractivity contribution in [1.29, 1.82) is 0 Å². The molecule has 1 rings (SSSR count). The van der Waals surface area contributed by atoms with E-state index in [1.54, 1.807) is 0 Å². The Hall–Kier alpha value is -0.0400. The summed E-state index contributed by atoms with van der Waals surface area (Å²) < 4.78 is 33.3. The second kappa shape index (κ2) is 5.53. The zero-order valence-corrected chi connectivity index (χ0v) is 11.4. The Labute approximate surface area is 96.2 Å². The molecule has 0 aromatic heterocycles. The largest absolute Gasteiger partial charge is 0.333 e. The number of halogens is 2. The minimum Gasteiger partial charge on any atom is -0.333 e. The molecule has 90 valence electrons. The second-order valence-electron chi connectivity index (χ2n) is 2.57. The summed E-state index contributed by atoms with van der Waals surface area (Å²) in [5, 5.41) is 0. The van der Waals surface area contributed by atoms with Crippen LogP contribution in [0.3, 0.4) is 0 Å². The third-order valence-electron chi connectivity index (χ3n) is 1.86. The van der Waals surface area contributed by atoms with Crippen LogP contribution in [0.15, 0.2) is 31.8 Å². The molecule has 0 aliphatic carbocycles. The predicted molar refractivity (Wildman–Crippen MR) is 67.8 cm³/mol. The Morgan fingerprint density at radius 1 is 1.56 bits per heavy atom. The molecule has 16 heavy (non-hydrogen) atoms. The van der Waals surface area contributed by atoms with Crippen LogP contribution in [0.25, 0.3) is 0 Å². The summed E-state index contributed by atoms with van der Waals surface area (Å²) in [5.41, 5.74) is 2.69. The standard InChI is InChI=1S/C7H12F2N3OP3/c1-5-11-14(9)12(8)15(13-4)10-16(11,6-2)7-3/h5-6,10H,1-3H2,4H3. The summed E-state index contributed by atoms with van der Waals surface area (Å²) in [6.07, 6.45) is 1.22. The molecule has 0 bridgehead atoms. The van der Waals surface area contributed by atoms with E-state index >= 15 is 0 Å². The van der Waals surface area contributed by atoms with Crippen molar-refractivity contribution in [2.75, 3.05) is 7.11 Å². The van der Waals surface area contributed by atoms with E-state index in [1.165, 1.54) is 19.1 Å². The average Bonchev–Trinajstić information content (AvgIpc) is 2.32. The van der Waals surface area contributed by atoms with Crippen LogP contribution < -0.4 is 4.86 Å². The maximum atomic E-state index is 13.8. The molecule has 3 atom stereocenters. The number of hydrogen-bond acceptors (Lipinski definition) is 4. The normalized spacial score (nSPS) is 35.6. The number of hydrogen-bond donors (Lipinski definition) is 1. The summed E-state index contributed by atoms with van der Waals surface area (Å²) >= 11 is 0. The minimum atomic E-state index is -2.66. The first-order valence-corrected chi connectivity index (χ1v) is 8.25. The maximum absolute atomic E-state index is 13.8. The fraction of sp³-hybridized carbons (Fsp3) is 0.143.